The summed E-state index contributed by atoms with van der Waals surface area (Å²) in [6.07, 6.45) is 1.22. The van der Waals surface area contributed by atoms with Crippen LogP contribution in [0.15, 0.2) is 29.4 Å². The third-order valence-corrected chi connectivity index (χ3v) is 2.99. The summed E-state index contributed by atoms with van der Waals surface area (Å²) in [5.74, 6) is 0.00372. The molecule has 1 aromatic rings. The van der Waals surface area contributed by atoms with Crippen molar-refractivity contribution in [2.45, 2.75) is 33.4 Å². The van der Waals surface area contributed by atoms with Crippen LogP contribution in [0.4, 0.5) is 8.78 Å². The quantitative estimate of drug-likeness (QED) is 0.593. The topological polar surface area (TPSA) is 59.9 Å². The van der Waals surface area contributed by atoms with Crippen molar-refractivity contribution in [3.63, 3.8) is 0 Å². The average molecular weight is 314 g/mol. The Morgan fingerprint density at radius 3 is 2.64 bits per heavy atom. The van der Waals surface area contributed by atoms with Gasteiger partial charge in [-0.15, -0.1) is 0 Å². The highest BCUT2D eigenvalue weighted by Gasteiger charge is 2.11. The maximum atomic E-state index is 12.2. The van der Waals surface area contributed by atoms with Crippen LogP contribution in [0.5, 0.6) is 5.75 Å². The molecule has 0 spiro atoms. The summed E-state index contributed by atoms with van der Waals surface area (Å²) in [6, 6.07) is 6.18. The average Bonchev–Trinajstić information content (AvgIpc) is 2.44. The van der Waals surface area contributed by atoms with Crippen molar-refractivity contribution >= 4 is 12.1 Å². The second-order valence-electron chi connectivity index (χ2n) is 5.02. The third kappa shape index (κ3) is 6.51. The number of benzene rings is 1. The Labute approximate surface area is 128 Å². The molecule has 0 aliphatic rings. The number of ether oxygens (including phenoxy) is 1. The number of hydrogen-bond acceptors (Lipinski definition) is 4. The number of oxime groups is 1. The SMILES string of the molecule is CC(C)C(C)NC(=O)CON=Cc1ccccc1OC(F)F. The summed E-state index contributed by atoms with van der Waals surface area (Å²) in [5.41, 5.74) is 0.332. The first-order valence-electron chi connectivity index (χ1n) is 6.88. The van der Waals surface area contributed by atoms with Crippen molar-refractivity contribution in [3.05, 3.63) is 29.8 Å². The van der Waals surface area contributed by atoms with Crippen molar-refractivity contribution in [2.75, 3.05) is 6.61 Å². The summed E-state index contributed by atoms with van der Waals surface area (Å²) in [6.45, 7) is 2.71. The fraction of sp³-hybridized carbons (Fsp3) is 0.467. The summed E-state index contributed by atoms with van der Waals surface area (Å²) in [7, 11) is 0. The standard InChI is InChI=1S/C15H20F2N2O3/c1-10(2)11(3)19-14(20)9-21-18-8-12-6-4-5-7-13(12)22-15(16)17/h4-8,10-11,15H,9H2,1-3H3,(H,19,20). The van der Waals surface area contributed by atoms with E-state index in [0.717, 1.165) is 0 Å². The van der Waals surface area contributed by atoms with Gasteiger partial charge in [0.25, 0.3) is 5.91 Å². The second kappa shape index (κ2) is 8.96. The maximum absolute atomic E-state index is 12.2. The molecule has 0 aromatic heterocycles. The van der Waals surface area contributed by atoms with E-state index in [1.54, 1.807) is 18.2 Å². The van der Waals surface area contributed by atoms with E-state index in [0.29, 0.717) is 11.5 Å². The van der Waals surface area contributed by atoms with Crippen molar-refractivity contribution in [1.29, 1.82) is 0 Å². The molecule has 0 bridgehead atoms. The molecule has 0 heterocycles. The molecular formula is C15H20F2N2O3. The third-order valence-electron chi connectivity index (χ3n) is 2.99. The molecule has 1 rings (SSSR count). The van der Waals surface area contributed by atoms with E-state index in [1.165, 1.54) is 12.3 Å². The molecule has 7 heteroatoms. The van der Waals surface area contributed by atoms with Crippen LogP contribution in [-0.2, 0) is 9.63 Å². The number of para-hydroxylation sites is 1. The normalized spacial score (nSPS) is 12.7. The van der Waals surface area contributed by atoms with E-state index in [1.807, 2.05) is 20.8 Å². The van der Waals surface area contributed by atoms with Gasteiger partial charge in [0.1, 0.15) is 5.75 Å². The van der Waals surface area contributed by atoms with Gasteiger partial charge in [-0.3, -0.25) is 4.79 Å². The molecule has 0 radical (unpaired) electrons. The molecule has 1 unspecified atom stereocenters. The fourth-order valence-electron chi connectivity index (χ4n) is 1.44. The van der Waals surface area contributed by atoms with Gasteiger partial charge in [0, 0.05) is 11.6 Å². The zero-order chi connectivity index (χ0) is 16.5. The van der Waals surface area contributed by atoms with Gasteiger partial charge in [0.15, 0.2) is 6.61 Å². The minimum Gasteiger partial charge on any atom is -0.434 e. The first kappa shape index (κ1) is 17.9. The molecule has 0 saturated carbocycles. The molecule has 1 atom stereocenters. The van der Waals surface area contributed by atoms with E-state index in [-0.39, 0.29) is 24.3 Å². The van der Waals surface area contributed by atoms with Crippen molar-refractivity contribution in [3.8, 4) is 5.75 Å². The first-order chi connectivity index (χ1) is 10.4. The van der Waals surface area contributed by atoms with Gasteiger partial charge in [-0.2, -0.15) is 8.78 Å². The van der Waals surface area contributed by atoms with Gasteiger partial charge in [0.2, 0.25) is 0 Å². The lowest BCUT2D eigenvalue weighted by atomic mass is 10.1. The summed E-state index contributed by atoms with van der Waals surface area (Å²) in [4.78, 5) is 16.4. The predicted molar refractivity (Wildman–Crippen MR) is 79.1 cm³/mol. The van der Waals surface area contributed by atoms with Gasteiger partial charge in [-0.05, 0) is 25.0 Å². The Bertz CT molecular complexity index is 507. The Balaban J connectivity index is 2.48. The number of alkyl halides is 2. The Morgan fingerprint density at radius 1 is 1.32 bits per heavy atom. The van der Waals surface area contributed by atoms with E-state index in [4.69, 9.17) is 4.84 Å². The summed E-state index contributed by atoms with van der Waals surface area (Å²) >= 11 is 0. The molecular weight excluding hydrogens is 294 g/mol. The number of nitrogens with one attached hydrogen (secondary N) is 1. The Morgan fingerprint density at radius 2 is 2.00 bits per heavy atom. The van der Waals surface area contributed by atoms with Crippen molar-refractivity contribution in [1.82, 2.24) is 5.32 Å². The van der Waals surface area contributed by atoms with E-state index in [9.17, 15) is 13.6 Å². The van der Waals surface area contributed by atoms with Crippen LogP contribution < -0.4 is 10.1 Å². The lowest BCUT2D eigenvalue weighted by molar-refractivity contribution is -0.126. The van der Waals surface area contributed by atoms with Gasteiger partial charge in [0.05, 0.1) is 6.21 Å². The molecule has 1 amide bonds. The highest BCUT2D eigenvalue weighted by atomic mass is 19.3. The number of rotatable bonds is 8. The number of carbonyl (C=O) groups excluding carboxylic acids is 1. The predicted octanol–water partition coefficient (Wildman–Crippen LogP) is 2.80. The summed E-state index contributed by atoms with van der Waals surface area (Å²) in [5, 5.41) is 6.34. The maximum Gasteiger partial charge on any atom is 0.387 e. The minimum atomic E-state index is -2.92. The molecule has 0 fully saturated rings. The highest BCUT2D eigenvalue weighted by Crippen LogP contribution is 2.18. The first-order valence-corrected chi connectivity index (χ1v) is 6.88. The van der Waals surface area contributed by atoms with E-state index in [2.05, 4.69) is 15.2 Å². The molecule has 1 N–H and O–H groups in total. The zero-order valence-electron chi connectivity index (χ0n) is 12.8. The number of halogens is 2. The second-order valence-corrected chi connectivity index (χ2v) is 5.02. The molecule has 0 aliphatic heterocycles. The van der Waals surface area contributed by atoms with Gasteiger partial charge in [-0.1, -0.05) is 31.1 Å². The number of carbonyl (C=O) groups is 1. The van der Waals surface area contributed by atoms with Crippen molar-refractivity contribution in [2.24, 2.45) is 11.1 Å². The molecule has 5 nitrogen and oxygen atoms in total. The van der Waals surface area contributed by atoms with Crippen LogP contribution in [-0.4, -0.2) is 31.4 Å². The summed E-state index contributed by atoms with van der Waals surface area (Å²) < 4.78 is 28.8. The minimum absolute atomic E-state index is 0.0114. The smallest absolute Gasteiger partial charge is 0.387 e. The zero-order valence-corrected chi connectivity index (χ0v) is 12.8. The van der Waals surface area contributed by atoms with Gasteiger partial charge in [-0.25, -0.2) is 0 Å². The van der Waals surface area contributed by atoms with Gasteiger partial charge >= 0.3 is 6.61 Å². The van der Waals surface area contributed by atoms with Crippen LogP contribution in [0.2, 0.25) is 0 Å². The number of hydrogen-bond donors (Lipinski definition) is 1. The van der Waals surface area contributed by atoms with E-state index < -0.39 is 6.61 Å². The Hall–Kier alpha value is -2.18. The van der Waals surface area contributed by atoms with E-state index >= 15 is 0 Å². The van der Waals surface area contributed by atoms with Crippen LogP contribution >= 0.6 is 0 Å². The molecule has 1 aromatic carbocycles. The largest absolute Gasteiger partial charge is 0.434 e. The molecule has 0 aliphatic carbocycles. The molecule has 22 heavy (non-hydrogen) atoms. The lowest BCUT2D eigenvalue weighted by Crippen LogP contribution is -2.38. The fourth-order valence-corrected chi connectivity index (χ4v) is 1.44. The Kier molecular flexibility index (Phi) is 7.28. The molecule has 0 saturated heterocycles. The number of nitrogens with zero attached hydrogens (tertiary/aromatic N) is 1. The lowest BCUT2D eigenvalue weighted by Gasteiger charge is -2.16. The highest BCUT2D eigenvalue weighted by molar-refractivity contribution is 5.83. The van der Waals surface area contributed by atoms with Crippen LogP contribution in [0.3, 0.4) is 0 Å². The number of amides is 1. The van der Waals surface area contributed by atoms with Crippen LogP contribution in [0.25, 0.3) is 0 Å². The van der Waals surface area contributed by atoms with Crippen molar-refractivity contribution < 1.29 is 23.1 Å². The van der Waals surface area contributed by atoms with Crippen LogP contribution in [0.1, 0.15) is 26.3 Å². The monoisotopic (exact) mass is 314 g/mol. The van der Waals surface area contributed by atoms with Gasteiger partial charge < -0.3 is 14.9 Å². The molecule has 122 valence electrons. The van der Waals surface area contributed by atoms with Crippen LogP contribution in [0, 0.1) is 5.92 Å².